The Morgan fingerprint density at radius 1 is 0.529 bits per heavy atom. The molecule has 0 amide bonds. The van der Waals surface area contributed by atoms with Crippen LogP contribution < -0.4 is 0 Å². The molecule has 0 heterocycles. The minimum absolute atomic E-state index is 0.178. The van der Waals surface area contributed by atoms with Crippen LogP contribution >= 0.6 is 0 Å². The van der Waals surface area contributed by atoms with Gasteiger partial charge in [0.15, 0.2) is 0 Å². The second-order valence-corrected chi connectivity index (χ2v) is 7.39. The fourth-order valence-corrected chi connectivity index (χ4v) is 3.51. The van der Waals surface area contributed by atoms with Gasteiger partial charge in [-0.05, 0) is 35.4 Å². The van der Waals surface area contributed by atoms with Gasteiger partial charge < -0.3 is 10.2 Å². The van der Waals surface area contributed by atoms with Crippen LogP contribution in [0, 0.1) is 4.20 Å². The number of hydrogen-bond acceptors (Lipinski definition) is 5. The van der Waals surface area contributed by atoms with Crippen LogP contribution in [0.1, 0.15) is 34.3 Å². The van der Waals surface area contributed by atoms with Crippen molar-refractivity contribution < 1.29 is 25.9 Å². The van der Waals surface area contributed by atoms with E-state index < -0.39 is 0 Å². The van der Waals surface area contributed by atoms with Gasteiger partial charge in [0.1, 0.15) is 23.6 Å². The Bertz CT molecular complexity index is 1160. The van der Waals surface area contributed by atoms with E-state index >= 15 is 0 Å². The molecule has 0 fully saturated rings. The Morgan fingerprint density at radius 3 is 1.21 bits per heavy atom. The van der Waals surface area contributed by atoms with Crippen molar-refractivity contribution in [2.45, 2.75) is 12.1 Å². The molecule has 4 aromatic carbocycles. The fraction of sp³-hybridized carbons (Fsp3) is 0.0714. The number of hydrogen-bond donors (Lipinski definition) is 2. The van der Waals surface area contributed by atoms with Gasteiger partial charge in [-0.15, -0.1) is 0 Å². The first-order chi connectivity index (χ1) is 16.7. The Kier molecular flexibility index (Phi) is 9.39. The summed E-state index contributed by atoms with van der Waals surface area (Å²) < 4.78 is 6.81. The van der Waals surface area contributed by atoms with E-state index in [-0.39, 0.29) is 23.6 Å². The molecular weight excluding hydrogens is 465 g/mol. The Morgan fingerprint density at radius 2 is 0.853 bits per heavy atom. The summed E-state index contributed by atoms with van der Waals surface area (Å²) in [5.41, 5.74) is 3.29. The van der Waals surface area contributed by atoms with Crippen molar-refractivity contribution in [2.24, 2.45) is 9.98 Å². The zero-order valence-corrected chi connectivity index (χ0v) is 19.5. The summed E-state index contributed by atoms with van der Waals surface area (Å²) in [4.78, 5) is 9.75. The molecule has 34 heavy (non-hydrogen) atoms. The minimum atomic E-state index is -0.333. The SMILES string of the molecule is Oc1ccccc1C=N[C@@H](c1ccccc1)[C@@H](N=Cc1ccccc1O)c1ccccc1.[N]#[Mn]. The molecule has 2 atom stereocenters. The third kappa shape index (κ3) is 6.53. The van der Waals surface area contributed by atoms with Crippen molar-refractivity contribution in [2.75, 3.05) is 0 Å². The van der Waals surface area contributed by atoms with Crippen LogP contribution in [-0.2, 0) is 15.6 Å². The second-order valence-electron chi connectivity index (χ2n) is 7.39. The van der Waals surface area contributed by atoms with Crippen molar-refractivity contribution in [1.82, 2.24) is 0 Å². The van der Waals surface area contributed by atoms with Gasteiger partial charge in [0.05, 0.1) is 0 Å². The first-order valence-electron chi connectivity index (χ1n) is 10.6. The topological polar surface area (TPSA) is 89.0 Å². The maximum atomic E-state index is 10.2. The van der Waals surface area contributed by atoms with E-state index in [4.69, 9.17) is 14.2 Å². The number of aliphatic imine (C=N–C) groups is 2. The van der Waals surface area contributed by atoms with Crippen molar-refractivity contribution in [3.05, 3.63) is 131 Å². The van der Waals surface area contributed by atoms with Crippen molar-refractivity contribution >= 4 is 12.4 Å². The molecule has 6 heteroatoms. The molecule has 0 aliphatic heterocycles. The average Bonchev–Trinajstić information content (AvgIpc) is 2.90. The predicted octanol–water partition coefficient (Wildman–Crippen LogP) is 6.13. The molecule has 0 saturated heterocycles. The van der Waals surface area contributed by atoms with Gasteiger partial charge in [0.2, 0.25) is 0 Å². The molecule has 0 unspecified atom stereocenters. The third-order valence-electron chi connectivity index (χ3n) is 5.20. The zero-order valence-electron chi connectivity index (χ0n) is 18.3. The van der Waals surface area contributed by atoms with E-state index in [1.54, 1.807) is 36.7 Å². The van der Waals surface area contributed by atoms with E-state index in [2.05, 4.69) is 0 Å². The van der Waals surface area contributed by atoms with Crippen molar-refractivity contribution in [1.29, 1.82) is 4.20 Å². The quantitative estimate of drug-likeness (QED) is 0.242. The van der Waals surface area contributed by atoms with Gasteiger partial charge in [-0.2, -0.15) is 0 Å². The monoisotopic (exact) mass is 489 g/mol. The molecular formula is C28H24MnN3O2. The molecule has 4 rings (SSSR count). The molecule has 2 N–H and O–H groups in total. The predicted molar refractivity (Wildman–Crippen MR) is 131 cm³/mol. The summed E-state index contributed by atoms with van der Waals surface area (Å²) >= 11 is 1.94. The Labute approximate surface area is 207 Å². The molecule has 170 valence electrons. The molecule has 0 bridgehead atoms. The molecule has 0 saturated carbocycles. The second kappa shape index (κ2) is 12.9. The summed E-state index contributed by atoms with van der Waals surface area (Å²) in [7, 11) is 0. The number of phenols is 2. The van der Waals surface area contributed by atoms with Crippen LogP contribution in [0.25, 0.3) is 0 Å². The van der Waals surface area contributed by atoms with Crippen molar-refractivity contribution in [3.63, 3.8) is 0 Å². The number of nitrogens with zero attached hydrogens (tertiary/aromatic N) is 3. The fourth-order valence-electron chi connectivity index (χ4n) is 3.51. The van der Waals surface area contributed by atoms with Crippen LogP contribution in [0.4, 0.5) is 0 Å². The van der Waals surface area contributed by atoms with Gasteiger partial charge in [-0.1, -0.05) is 84.9 Å². The Hall–Kier alpha value is -3.95. The number of benzene rings is 4. The first kappa shape index (κ1) is 24.7. The van der Waals surface area contributed by atoms with Crippen LogP contribution in [0.3, 0.4) is 0 Å². The van der Waals surface area contributed by atoms with Gasteiger partial charge in [0.25, 0.3) is 0 Å². The van der Waals surface area contributed by atoms with E-state index in [0.717, 1.165) is 11.1 Å². The summed E-state index contributed by atoms with van der Waals surface area (Å²) in [6.45, 7) is 0. The number of aromatic hydroxyl groups is 2. The number of para-hydroxylation sites is 2. The number of rotatable bonds is 7. The normalized spacial score (nSPS) is 12.7. The molecule has 5 nitrogen and oxygen atoms in total. The molecule has 0 aromatic heterocycles. The van der Waals surface area contributed by atoms with Gasteiger partial charge in [-0.25, -0.2) is 0 Å². The van der Waals surface area contributed by atoms with Gasteiger partial charge in [0, 0.05) is 23.6 Å². The zero-order chi connectivity index (χ0) is 24.2. The first-order valence-corrected chi connectivity index (χ1v) is 11.1. The summed E-state index contributed by atoms with van der Waals surface area (Å²) in [6.07, 6.45) is 3.39. The van der Waals surface area contributed by atoms with E-state index in [0.29, 0.717) is 11.1 Å². The van der Waals surface area contributed by atoms with E-state index in [9.17, 15) is 10.2 Å². The summed E-state index contributed by atoms with van der Waals surface area (Å²) in [5.74, 6) is 0.356. The molecule has 0 radical (unpaired) electrons. The summed E-state index contributed by atoms with van der Waals surface area (Å²) in [5, 5.41) is 20.4. The van der Waals surface area contributed by atoms with Gasteiger partial charge in [-0.3, -0.25) is 9.98 Å². The van der Waals surface area contributed by atoms with Crippen molar-refractivity contribution in [3.8, 4) is 11.5 Å². The average molecular weight is 489 g/mol. The van der Waals surface area contributed by atoms with Crippen LogP contribution in [0.5, 0.6) is 11.5 Å². The number of phenolic OH excluding ortho intramolecular Hbond substituents is 2. The molecule has 0 spiro atoms. The van der Waals surface area contributed by atoms with E-state index in [1.807, 2.05) is 101 Å². The van der Waals surface area contributed by atoms with Gasteiger partial charge >= 0.3 is 19.8 Å². The van der Waals surface area contributed by atoms with Crippen LogP contribution in [0.15, 0.2) is 119 Å². The maximum absolute atomic E-state index is 10.2. The Balaban J connectivity index is 0.00000158. The van der Waals surface area contributed by atoms with Crippen LogP contribution in [-0.4, -0.2) is 22.6 Å². The molecule has 0 aliphatic carbocycles. The molecule has 0 aliphatic rings. The molecule has 4 aromatic rings. The van der Waals surface area contributed by atoms with Crippen LogP contribution in [0.2, 0.25) is 0 Å². The third-order valence-corrected chi connectivity index (χ3v) is 5.20. The summed E-state index contributed by atoms with van der Waals surface area (Å²) in [6, 6.07) is 33.5. The standard InChI is InChI=1S/C28H24N2O2.Mn.N/c31-25-17-9-7-15-23(25)19-29-27(21-11-3-1-4-12-21)28(22-13-5-2-6-14-22)30-20-24-16-8-10-18-26(24)32;;/h1-20,27-28,31-32H;;/t27-,28-;;/m0../s1. The van der Waals surface area contributed by atoms with E-state index in [1.165, 1.54) is 0 Å².